The number of carboxylic acid groups (broad SMARTS) is 1. The van der Waals surface area contributed by atoms with Crippen LogP contribution in [0, 0.1) is 13.8 Å². The van der Waals surface area contributed by atoms with Gasteiger partial charge < -0.3 is 15.2 Å². The second-order valence-corrected chi connectivity index (χ2v) is 2.97. The maximum atomic E-state index is 10.1. The molecule has 4 nitrogen and oxygen atoms in total. The topological polar surface area (TPSA) is 65.0 Å². The number of aromatic nitrogens is 1. The summed E-state index contributed by atoms with van der Waals surface area (Å²) in [6, 6.07) is 3.76. The van der Waals surface area contributed by atoms with Gasteiger partial charge >= 0.3 is 29.6 Å². The summed E-state index contributed by atoms with van der Waals surface area (Å²) in [7, 11) is 0. The van der Waals surface area contributed by atoms with Crippen molar-refractivity contribution in [2.75, 3.05) is 5.32 Å². The number of nitrogens with zero attached hydrogens (tertiary/aromatic N) is 1. The maximum absolute atomic E-state index is 10.1. The number of aryl methyl sites for hydroxylation is 2. The van der Waals surface area contributed by atoms with Crippen molar-refractivity contribution in [3.8, 4) is 0 Å². The van der Waals surface area contributed by atoms with Crippen molar-refractivity contribution in [1.29, 1.82) is 0 Å². The normalized spacial score (nSPS) is 9.73. The molecule has 15 heavy (non-hydrogen) atoms. The number of pyridine rings is 1. The molecule has 1 aromatic heterocycles. The first-order valence-electron chi connectivity index (χ1n) is 4.17. The van der Waals surface area contributed by atoms with Crippen molar-refractivity contribution in [3.63, 3.8) is 0 Å². The summed E-state index contributed by atoms with van der Waals surface area (Å²) < 4.78 is 0. The molecule has 0 saturated heterocycles. The van der Waals surface area contributed by atoms with Crippen LogP contribution >= 0.6 is 0 Å². The third kappa shape index (κ3) is 5.57. The summed E-state index contributed by atoms with van der Waals surface area (Å²) in [6.45, 7) is 3.82. The largest absolute Gasteiger partial charge is 1.00 e. The molecule has 0 spiro atoms. The number of hydrogen-bond acceptors (Lipinski definition) is 4. The number of hydrogen-bond donors (Lipinski definition) is 1. The molecule has 1 heterocycles. The zero-order valence-electron chi connectivity index (χ0n) is 9.07. The predicted molar refractivity (Wildman–Crippen MR) is 51.5 cm³/mol. The van der Waals surface area contributed by atoms with Crippen LogP contribution in [-0.4, -0.2) is 11.0 Å². The fourth-order valence-electron chi connectivity index (χ4n) is 1.11. The molecule has 0 fully saturated rings. The summed E-state index contributed by atoms with van der Waals surface area (Å²) in [5.41, 5.74) is 1.95. The minimum atomic E-state index is -1.23. The van der Waals surface area contributed by atoms with Gasteiger partial charge in [-0.2, -0.15) is 0 Å². The Morgan fingerprint density at radius 3 is 2.67 bits per heavy atom. The zero-order valence-corrected chi connectivity index (χ0v) is 11.1. The van der Waals surface area contributed by atoms with Crippen molar-refractivity contribution < 1.29 is 39.5 Å². The molecule has 1 N–H and O–H groups in total. The first-order chi connectivity index (χ1) is 6.58. The molecule has 74 valence electrons. The molecule has 0 aliphatic rings. The van der Waals surface area contributed by atoms with Gasteiger partial charge in [-0.25, -0.2) is 4.98 Å². The number of nitrogens with one attached hydrogen (secondary N) is 1. The number of aliphatic carboxylic acids is 1. The Morgan fingerprint density at radius 2 is 2.13 bits per heavy atom. The third-order valence-electron chi connectivity index (χ3n) is 1.55. The van der Waals surface area contributed by atoms with E-state index in [4.69, 9.17) is 0 Å². The SMILES string of the molecule is Cc1cc(C)nc(N/C=C/C(=O)[O-])c1.[Na+]. The predicted octanol–water partition coefficient (Wildman–Crippen LogP) is -2.62. The van der Waals surface area contributed by atoms with E-state index < -0.39 is 5.97 Å². The fourth-order valence-corrected chi connectivity index (χ4v) is 1.11. The molecule has 0 aromatic carbocycles. The summed E-state index contributed by atoms with van der Waals surface area (Å²) in [4.78, 5) is 14.2. The van der Waals surface area contributed by atoms with E-state index in [-0.39, 0.29) is 29.6 Å². The molecule has 0 atom stereocenters. The minimum Gasteiger partial charge on any atom is -0.545 e. The standard InChI is InChI=1S/C10H12N2O2.Na/c1-7-5-8(2)12-9(6-7)11-4-3-10(13)14;/h3-6H,1-2H3,(H,11,12)(H,13,14);/q;+1/p-1/b4-3+;. The zero-order chi connectivity index (χ0) is 10.6. The van der Waals surface area contributed by atoms with Gasteiger partial charge in [0.2, 0.25) is 0 Å². The molecule has 0 unspecified atom stereocenters. The smallest absolute Gasteiger partial charge is 0.545 e. The van der Waals surface area contributed by atoms with Crippen molar-refractivity contribution in [1.82, 2.24) is 4.98 Å². The number of carbonyl (C=O) groups excluding carboxylic acids is 1. The molecule has 0 aliphatic carbocycles. The summed E-state index contributed by atoms with van der Waals surface area (Å²) in [5.74, 6) is -0.609. The fraction of sp³-hybridized carbons (Fsp3) is 0.200. The van der Waals surface area contributed by atoms with Gasteiger partial charge in [0.25, 0.3) is 0 Å². The van der Waals surface area contributed by atoms with Crippen LogP contribution < -0.4 is 40.0 Å². The Kier molecular flexibility index (Phi) is 6.24. The van der Waals surface area contributed by atoms with Crippen molar-refractivity contribution >= 4 is 11.8 Å². The molecular weight excluding hydrogens is 203 g/mol. The average molecular weight is 214 g/mol. The number of anilines is 1. The second kappa shape index (κ2) is 6.61. The Morgan fingerprint density at radius 1 is 1.47 bits per heavy atom. The van der Waals surface area contributed by atoms with Crippen molar-refractivity contribution in [2.24, 2.45) is 0 Å². The molecule has 0 bridgehead atoms. The molecule has 0 amide bonds. The van der Waals surface area contributed by atoms with Crippen LogP contribution in [0.2, 0.25) is 0 Å². The monoisotopic (exact) mass is 214 g/mol. The van der Waals surface area contributed by atoms with E-state index in [2.05, 4.69) is 10.3 Å². The summed E-state index contributed by atoms with van der Waals surface area (Å²) in [5, 5.41) is 12.8. The van der Waals surface area contributed by atoms with E-state index in [9.17, 15) is 9.90 Å². The van der Waals surface area contributed by atoms with Gasteiger partial charge in [-0.1, -0.05) is 0 Å². The van der Waals surface area contributed by atoms with E-state index in [0.29, 0.717) is 5.82 Å². The summed E-state index contributed by atoms with van der Waals surface area (Å²) >= 11 is 0. The number of rotatable bonds is 3. The molecule has 1 rings (SSSR count). The van der Waals surface area contributed by atoms with E-state index >= 15 is 0 Å². The van der Waals surface area contributed by atoms with E-state index in [1.54, 1.807) is 0 Å². The molecule has 0 saturated carbocycles. The molecular formula is C10H11N2NaO2. The van der Waals surface area contributed by atoms with Crippen LogP contribution in [0.3, 0.4) is 0 Å². The van der Waals surface area contributed by atoms with Crippen LogP contribution in [-0.2, 0) is 4.79 Å². The minimum absolute atomic E-state index is 0. The summed E-state index contributed by atoms with van der Waals surface area (Å²) in [6.07, 6.45) is 2.20. The van der Waals surface area contributed by atoms with Gasteiger partial charge in [0.15, 0.2) is 0 Å². The quantitative estimate of drug-likeness (QED) is 0.442. The van der Waals surface area contributed by atoms with Crippen molar-refractivity contribution in [2.45, 2.75) is 13.8 Å². The van der Waals surface area contributed by atoms with Crippen LogP contribution in [0.1, 0.15) is 11.3 Å². The second-order valence-electron chi connectivity index (χ2n) is 2.97. The Bertz CT molecular complexity index is 357. The van der Waals surface area contributed by atoms with Gasteiger partial charge in [0.05, 0.1) is 5.97 Å². The number of carboxylic acids is 1. The van der Waals surface area contributed by atoms with Gasteiger partial charge in [-0.05, 0) is 37.6 Å². The van der Waals surface area contributed by atoms with Gasteiger partial charge in [-0.3, -0.25) is 0 Å². The van der Waals surface area contributed by atoms with Gasteiger partial charge in [0, 0.05) is 11.9 Å². The van der Waals surface area contributed by atoms with Gasteiger partial charge in [-0.15, -0.1) is 0 Å². The van der Waals surface area contributed by atoms with Crippen LogP contribution in [0.4, 0.5) is 5.82 Å². The third-order valence-corrected chi connectivity index (χ3v) is 1.55. The van der Waals surface area contributed by atoms with Crippen LogP contribution in [0.15, 0.2) is 24.4 Å². The van der Waals surface area contributed by atoms with Crippen molar-refractivity contribution in [3.05, 3.63) is 35.7 Å². The Hall–Kier alpha value is -0.840. The van der Waals surface area contributed by atoms with Gasteiger partial charge in [0.1, 0.15) is 5.82 Å². The Balaban J connectivity index is 0.00000196. The average Bonchev–Trinajstić information content (AvgIpc) is 2.01. The molecule has 0 aliphatic heterocycles. The molecule has 1 aromatic rings. The first kappa shape index (κ1) is 14.2. The van der Waals surface area contributed by atoms with E-state index in [1.165, 1.54) is 6.20 Å². The van der Waals surface area contributed by atoms with E-state index in [1.807, 2.05) is 26.0 Å². The van der Waals surface area contributed by atoms with Crippen LogP contribution in [0.5, 0.6) is 0 Å². The first-order valence-corrected chi connectivity index (χ1v) is 4.17. The molecule has 5 heteroatoms. The number of carbonyl (C=O) groups is 1. The van der Waals surface area contributed by atoms with E-state index in [0.717, 1.165) is 17.3 Å². The molecule has 0 radical (unpaired) electrons. The van der Waals surface area contributed by atoms with Crippen LogP contribution in [0.25, 0.3) is 0 Å². The maximum Gasteiger partial charge on any atom is 1.00 e. The Labute approximate surface area is 111 Å².